The molecule has 2 aromatic rings. The molecule has 0 saturated carbocycles. The number of rotatable bonds is 2. The number of para-hydroxylation sites is 2. The van der Waals surface area contributed by atoms with Gasteiger partial charge in [0, 0.05) is 19.5 Å². The number of hydrogen-bond donors (Lipinski definition) is 1. The molecule has 2 heterocycles. The predicted octanol–water partition coefficient (Wildman–Crippen LogP) is 3.68. The molecular formula is C19H17F3N2O2. The maximum Gasteiger partial charge on any atom is 0.416 e. The van der Waals surface area contributed by atoms with E-state index in [0.717, 1.165) is 17.7 Å². The number of nitrogens with zero attached hydrogens (tertiary/aromatic N) is 1. The summed E-state index contributed by atoms with van der Waals surface area (Å²) in [6, 6.07) is 12.0. The first-order valence-electron chi connectivity index (χ1n) is 8.37. The van der Waals surface area contributed by atoms with Crippen molar-refractivity contribution in [3.05, 3.63) is 59.7 Å². The van der Waals surface area contributed by atoms with Gasteiger partial charge in [-0.2, -0.15) is 13.2 Å². The van der Waals surface area contributed by atoms with Crippen LogP contribution in [0.3, 0.4) is 0 Å². The number of alkyl halides is 3. The fourth-order valence-corrected chi connectivity index (χ4v) is 3.50. The van der Waals surface area contributed by atoms with Crippen LogP contribution in [-0.4, -0.2) is 29.5 Å². The molecule has 0 aliphatic carbocycles. The smallest absolute Gasteiger partial charge is 0.416 e. The second kappa shape index (κ2) is 6.32. The van der Waals surface area contributed by atoms with Crippen LogP contribution in [0.25, 0.3) is 0 Å². The summed E-state index contributed by atoms with van der Waals surface area (Å²) in [5.41, 5.74) is 0.698. The lowest BCUT2D eigenvalue weighted by molar-refractivity contribution is -0.137. The van der Waals surface area contributed by atoms with Crippen LogP contribution < -0.4 is 10.1 Å². The number of anilines is 1. The minimum atomic E-state index is -4.35. The molecule has 1 amide bonds. The zero-order valence-corrected chi connectivity index (χ0v) is 13.8. The molecule has 2 aromatic carbocycles. The quantitative estimate of drug-likeness (QED) is 0.886. The molecule has 1 N–H and O–H groups in total. The van der Waals surface area contributed by atoms with Crippen molar-refractivity contribution in [2.75, 3.05) is 11.9 Å². The number of amides is 1. The second-order valence-corrected chi connectivity index (χ2v) is 6.60. The van der Waals surface area contributed by atoms with Crippen molar-refractivity contribution in [3.63, 3.8) is 0 Å². The largest absolute Gasteiger partial charge is 0.487 e. The van der Waals surface area contributed by atoms with Crippen molar-refractivity contribution in [1.82, 2.24) is 4.90 Å². The van der Waals surface area contributed by atoms with Gasteiger partial charge in [0.2, 0.25) is 5.91 Å². The molecule has 4 rings (SSSR count). The number of hydrogen-bond acceptors (Lipinski definition) is 3. The van der Waals surface area contributed by atoms with Gasteiger partial charge in [0.15, 0.2) is 0 Å². The zero-order chi connectivity index (χ0) is 18.3. The summed E-state index contributed by atoms with van der Waals surface area (Å²) in [5, 5.41) is 2.88. The highest BCUT2D eigenvalue weighted by molar-refractivity contribution is 5.96. The summed E-state index contributed by atoms with van der Waals surface area (Å²) >= 11 is 0. The third kappa shape index (κ3) is 3.26. The first-order chi connectivity index (χ1) is 12.4. The van der Waals surface area contributed by atoms with Crippen LogP contribution in [0.15, 0.2) is 48.5 Å². The van der Waals surface area contributed by atoms with E-state index >= 15 is 0 Å². The maximum absolute atomic E-state index is 12.7. The lowest BCUT2D eigenvalue weighted by Crippen LogP contribution is -2.39. The van der Waals surface area contributed by atoms with Crippen LogP contribution in [0.5, 0.6) is 5.75 Å². The van der Waals surface area contributed by atoms with E-state index in [-0.39, 0.29) is 18.1 Å². The van der Waals surface area contributed by atoms with Crippen molar-refractivity contribution < 1.29 is 22.7 Å². The summed E-state index contributed by atoms with van der Waals surface area (Å²) in [5.74, 6) is 0.524. The summed E-state index contributed by atoms with van der Waals surface area (Å²) in [6.45, 7) is 0.944. The van der Waals surface area contributed by atoms with Crippen LogP contribution in [0.4, 0.5) is 18.9 Å². The second-order valence-electron chi connectivity index (χ2n) is 6.60. The van der Waals surface area contributed by atoms with Gasteiger partial charge in [-0.05, 0) is 29.8 Å². The molecule has 7 heteroatoms. The molecule has 0 unspecified atom stereocenters. The Labute approximate surface area is 148 Å². The van der Waals surface area contributed by atoms with Crippen molar-refractivity contribution in [2.24, 2.45) is 0 Å². The molecule has 0 radical (unpaired) electrons. The zero-order valence-electron chi connectivity index (χ0n) is 13.8. The summed E-state index contributed by atoms with van der Waals surface area (Å²) < 4.78 is 44.1. The number of carbonyl (C=O) groups is 1. The number of halogens is 3. The Morgan fingerprint density at radius 3 is 2.58 bits per heavy atom. The Hall–Kier alpha value is -2.54. The fraction of sp³-hybridized carbons (Fsp3) is 0.316. The Bertz CT molecular complexity index is 820. The van der Waals surface area contributed by atoms with Crippen molar-refractivity contribution in [1.29, 1.82) is 0 Å². The van der Waals surface area contributed by atoms with Crippen LogP contribution in [-0.2, 0) is 17.5 Å². The molecule has 2 aliphatic heterocycles. The lowest BCUT2D eigenvalue weighted by Gasteiger charge is -2.23. The monoisotopic (exact) mass is 362 g/mol. The standard InChI is InChI=1S/C19H17F3N2O2/c20-19(21,22)13-7-5-12(6-8-13)10-24-11-14-9-16(24)18(25)23-15-3-1-2-4-17(15)26-14/h1-8,14,16H,9-11H2,(H,23,25)/t14-,16-/m0/s1. The van der Waals surface area contributed by atoms with E-state index in [9.17, 15) is 18.0 Å². The first-order valence-corrected chi connectivity index (χ1v) is 8.37. The summed E-state index contributed by atoms with van der Waals surface area (Å²) in [6.07, 6.45) is -3.92. The van der Waals surface area contributed by atoms with Gasteiger partial charge in [0.1, 0.15) is 11.9 Å². The van der Waals surface area contributed by atoms with Gasteiger partial charge in [-0.3, -0.25) is 9.69 Å². The van der Waals surface area contributed by atoms with Gasteiger partial charge in [-0.1, -0.05) is 24.3 Å². The maximum atomic E-state index is 12.7. The fourth-order valence-electron chi connectivity index (χ4n) is 3.50. The van der Waals surface area contributed by atoms with Crippen LogP contribution >= 0.6 is 0 Å². The van der Waals surface area contributed by atoms with E-state index in [1.807, 2.05) is 23.1 Å². The minimum absolute atomic E-state index is 0.116. The van der Waals surface area contributed by atoms with Gasteiger partial charge >= 0.3 is 6.18 Å². The van der Waals surface area contributed by atoms with Crippen LogP contribution in [0, 0.1) is 0 Å². The highest BCUT2D eigenvalue weighted by atomic mass is 19.4. The number of carbonyl (C=O) groups excluding carboxylic acids is 1. The Morgan fingerprint density at radius 2 is 1.85 bits per heavy atom. The molecule has 1 saturated heterocycles. The molecule has 26 heavy (non-hydrogen) atoms. The highest BCUT2D eigenvalue weighted by Crippen LogP contribution is 2.34. The minimum Gasteiger partial charge on any atom is -0.487 e. The van der Waals surface area contributed by atoms with Gasteiger partial charge in [-0.25, -0.2) is 0 Å². The summed E-state index contributed by atoms with van der Waals surface area (Å²) in [4.78, 5) is 14.6. The topological polar surface area (TPSA) is 41.6 Å². The van der Waals surface area contributed by atoms with E-state index in [2.05, 4.69) is 5.32 Å². The molecule has 1 fully saturated rings. The van der Waals surface area contributed by atoms with Crippen LogP contribution in [0.1, 0.15) is 17.5 Å². The average Bonchev–Trinajstić information content (AvgIpc) is 2.99. The highest BCUT2D eigenvalue weighted by Gasteiger charge is 2.40. The van der Waals surface area contributed by atoms with Gasteiger partial charge < -0.3 is 10.1 Å². The number of ether oxygens (including phenoxy) is 1. The number of fused-ring (bicyclic) bond motifs is 3. The van der Waals surface area contributed by atoms with Crippen LogP contribution in [0.2, 0.25) is 0 Å². The van der Waals surface area contributed by atoms with Gasteiger partial charge in [0.05, 0.1) is 17.3 Å². The van der Waals surface area contributed by atoms with Gasteiger partial charge in [0.25, 0.3) is 0 Å². The van der Waals surface area contributed by atoms with Crippen molar-refractivity contribution >= 4 is 11.6 Å². The molecule has 0 aromatic heterocycles. The molecule has 136 valence electrons. The van der Waals surface area contributed by atoms with E-state index in [1.54, 1.807) is 6.07 Å². The molecular weight excluding hydrogens is 345 g/mol. The molecule has 0 spiro atoms. The Kier molecular flexibility index (Phi) is 4.11. The number of nitrogens with one attached hydrogen (secondary N) is 1. The van der Waals surface area contributed by atoms with Crippen molar-refractivity contribution in [2.45, 2.75) is 31.3 Å². The third-order valence-electron chi connectivity index (χ3n) is 4.77. The Morgan fingerprint density at radius 1 is 1.12 bits per heavy atom. The van der Waals surface area contributed by atoms with Crippen molar-refractivity contribution in [3.8, 4) is 5.75 Å². The van der Waals surface area contributed by atoms with E-state index in [1.165, 1.54) is 12.1 Å². The molecule has 2 bridgehead atoms. The molecule has 4 nitrogen and oxygen atoms in total. The normalized spacial score (nSPS) is 22.8. The molecule has 2 aliphatic rings. The van der Waals surface area contributed by atoms with E-state index in [0.29, 0.717) is 30.9 Å². The van der Waals surface area contributed by atoms with E-state index in [4.69, 9.17) is 4.74 Å². The van der Waals surface area contributed by atoms with E-state index < -0.39 is 11.7 Å². The average molecular weight is 362 g/mol. The number of benzene rings is 2. The number of likely N-dealkylation sites (tertiary alicyclic amines) is 1. The SMILES string of the molecule is O=C1Nc2ccccc2O[C@H]2C[C@@H]1N(Cc1ccc(C(F)(F)F)cc1)C2. The molecule has 2 atom stereocenters. The van der Waals surface area contributed by atoms with Gasteiger partial charge in [-0.15, -0.1) is 0 Å². The Balaban J connectivity index is 1.52. The lowest BCUT2D eigenvalue weighted by atomic mass is 10.1. The predicted molar refractivity (Wildman–Crippen MR) is 89.7 cm³/mol. The first kappa shape index (κ1) is 16.9. The third-order valence-corrected chi connectivity index (χ3v) is 4.77. The summed E-state index contributed by atoms with van der Waals surface area (Å²) in [7, 11) is 0.